The Morgan fingerprint density at radius 3 is 2.44 bits per heavy atom. The molecule has 2 aromatic rings. The third kappa shape index (κ3) is 4.29. The highest BCUT2D eigenvalue weighted by atomic mass is 35.5. The molecule has 3 nitrogen and oxygen atoms in total. The van der Waals surface area contributed by atoms with Gasteiger partial charge in [0.2, 0.25) is 0 Å². The summed E-state index contributed by atoms with van der Waals surface area (Å²) in [7, 11) is 0. The summed E-state index contributed by atoms with van der Waals surface area (Å²) in [5, 5.41) is 0. The normalized spacial score (nSPS) is 9.44. The fourth-order valence-corrected chi connectivity index (χ4v) is 1.63. The van der Waals surface area contributed by atoms with E-state index in [1.54, 1.807) is 18.5 Å². The molecule has 6 heteroatoms. The molecule has 0 aliphatic carbocycles. The molecule has 0 atom stereocenters. The number of nitrogens with two attached hydrogens (primary N) is 1. The quantitative estimate of drug-likeness (QED) is 0.940. The number of hydrogen-bond acceptors (Lipinski definition) is 2. The van der Waals surface area contributed by atoms with E-state index in [4.69, 9.17) is 5.73 Å². The smallest absolute Gasteiger partial charge is 0.123 e. The van der Waals surface area contributed by atoms with Crippen molar-refractivity contribution in [2.75, 3.05) is 6.54 Å². The molecular formula is C12H16Cl2FN3. The third-order valence-electron chi connectivity index (χ3n) is 2.47. The van der Waals surface area contributed by atoms with Gasteiger partial charge in [-0.25, -0.2) is 9.37 Å². The van der Waals surface area contributed by atoms with E-state index in [2.05, 4.69) is 4.98 Å². The molecule has 100 valence electrons. The van der Waals surface area contributed by atoms with E-state index in [1.807, 2.05) is 10.8 Å². The van der Waals surface area contributed by atoms with E-state index < -0.39 is 0 Å². The van der Waals surface area contributed by atoms with Crippen LogP contribution in [0.1, 0.15) is 11.3 Å². The molecule has 1 aromatic heterocycles. The summed E-state index contributed by atoms with van der Waals surface area (Å²) in [6.45, 7) is 1.31. The maximum absolute atomic E-state index is 12.7. The zero-order chi connectivity index (χ0) is 11.4. The van der Waals surface area contributed by atoms with Gasteiger partial charge in [-0.1, -0.05) is 12.1 Å². The molecule has 0 radical (unpaired) electrons. The summed E-state index contributed by atoms with van der Waals surface area (Å²) in [5.74, 6) is -0.212. The predicted molar refractivity (Wildman–Crippen MR) is 75.0 cm³/mol. The van der Waals surface area contributed by atoms with E-state index in [-0.39, 0.29) is 30.6 Å². The number of imidazole rings is 1. The molecule has 2 N–H and O–H groups in total. The molecule has 0 amide bonds. The lowest BCUT2D eigenvalue weighted by Crippen LogP contribution is -2.09. The van der Waals surface area contributed by atoms with E-state index >= 15 is 0 Å². The summed E-state index contributed by atoms with van der Waals surface area (Å²) in [6.07, 6.45) is 4.39. The first-order chi connectivity index (χ1) is 7.79. The summed E-state index contributed by atoms with van der Waals surface area (Å²) in [4.78, 5) is 4.09. The van der Waals surface area contributed by atoms with Gasteiger partial charge >= 0.3 is 0 Å². The van der Waals surface area contributed by atoms with Crippen LogP contribution in [0.4, 0.5) is 4.39 Å². The van der Waals surface area contributed by atoms with E-state index in [0.717, 1.165) is 17.7 Å². The summed E-state index contributed by atoms with van der Waals surface area (Å²) < 4.78 is 14.8. The SMILES string of the molecule is Cl.Cl.NCCc1cncn1Cc1ccc(F)cc1. The van der Waals surface area contributed by atoms with Crippen molar-refractivity contribution in [2.45, 2.75) is 13.0 Å². The molecule has 0 aliphatic heterocycles. The Morgan fingerprint density at radius 2 is 1.83 bits per heavy atom. The fourth-order valence-electron chi connectivity index (χ4n) is 1.63. The van der Waals surface area contributed by atoms with Crippen LogP contribution in [0.25, 0.3) is 0 Å². The number of nitrogens with zero attached hydrogens (tertiary/aromatic N) is 2. The maximum atomic E-state index is 12.7. The Balaban J connectivity index is 0.00000144. The molecule has 1 heterocycles. The highest BCUT2D eigenvalue weighted by molar-refractivity contribution is 5.85. The van der Waals surface area contributed by atoms with Gasteiger partial charge in [0.15, 0.2) is 0 Å². The highest BCUT2D eigenvalue weighted by Crippen LogP contribution is 2.07. The molecule has 0 fully saturated rings. The van der Waals surface area contributed by atoms with Crippen LogP contribution in [0.2, 0.25) is 0 Å². The minimum Gasteiger partial charge on any atom is -0.330 e. The zero-order valence-electron chi connectivity index (χ0n) is 9.75. The van der Waals surface area contributed by atoms with Gasteiger partial charge in [0.25, 0.3) is 0 Å². The second-order valence-corrected chi connectivity index (χ2v) is 3.68. The van der Waals surface area contributed by atoms with E-state index in [1.165, 1.54) is 12.1 Å². The van der Waals surface area contributed by atoms with Crippen molar-refractivity contribution in [2.24, 2.45) is 5.73 Å². The van der Waals surface area contributed by atoms with Gasteiger partial charge in [-0.2, -0.15) is 0 Å². The summed E-state index contributed by atoms with van der Waals surface area (Å²) in [6, 6.07) is 6.49. The number of rotatable bonds is 4. The van der Waals surface area contributed by atoms with Crippen molar-refractivity contribution in [1.82, 2.24) is 9.55 Å². The first-order valence-corrected chi connectivity index (χ1v) is 5.23. The van der Waals surface area contributed by atoms with Gasteiger partial charge in [-0.05, 0) is 24.2 Å². The van der Waals surface area contributed by atoms with Crippen LogP contribution in [-0.2, 0) is 13.0 Å². The average Bonchev–Trinajstić information content (AvgIpc) is 2.70. The van der Waals surface area contributed by atoms with Gasteiger partial charge in [-0.15, -0.1) is 24.8 Å². The van der Waals surface area contributed by atoms with E-state index in [0.29, 0.717) is 13.1 Å². The Labute approximate surface area is 118 Å². The van der Waals surface area contributed by atoms with Crippen LogP contribution in [0.3, 0.4) is 0 Å². The average molecular weight is 292 g/mol. The Morgan fingerprint density at radius 1 is 1.17 bits per heavy atom. The number of benzene rings is 1. The van der Waals surface area contributed by atoms with Crippen LogP contribution in [0, 0.1) is 5.82 Å². The lowest BCUT2D eigenvalue weighted by atomic mass is 10.2. The molecule has 1 aromatic carbocycles. The minimum atomic E-state index is -0.212. The van der Waals surface area contributed by atoms with Gasteiger partial charge in [0.05, 0.1) is 6.33 Å². The van der Waals surface area contributed by atoms with Crippen LogP contribution < -0.4 is 5.73 Å². The zero-order valence-corrected chi connectivity index (χ0v) is 11.4. The number of hydrogen-bond donors (Lipinski definition) is 1. The van der Waals surface area contributed by atoms with Crippen molar-refractivity contribution >= 4 is 24.8 Å². The van der Waals surface area contributed by atoms with Crippen molar-refractivity contribution in [1.29, 1.82) is 0 Å². The molecule has 0 saturated carbocycles. The second-order valence-electron chi connectivity index (χ2n) is 3.68. The largest absolute Gasteiger partial charge is 0.330 e. The highest BCUT2D eigenvalue weighted by Gasteiger charge is 2.02. The van der Waals surface area contributed by atoms with Gasteiger partial charge in [0.1, 0.15) is 5.82 Å². The molecule has 0 saturated heterocycles. The number of halogens is 3. The van der Waals surface area contributed by atoms with Crippen LogP contribution >= 0.6 is 24.8 Å². The first-order valence-electron chi connectivity index (χ1n) is 5.23. The van der Waals surface area contributed by atoms with Crippen molar-refractivity contribution in [3.05, 3.63) is 53.9 Å². The molecule has 0 unspecified atom stereocenters. The van der Waals surface area contributed by atoms with Gasteiger partial charge < -0.3 is 10.3 Å². The van der Waals surface area contributed by atoms with Crippen molar-refractivity contribution in [3.63, 3.8) is 0 Å². The van der Waals surface area contributed by atoms with E-state index in [9.17, 15) is 4.39 Å². The Kier molecular flexibility index (Phi) is 7.59. The Hall–Kier alpha value is -1.10. The first kappa shape index (κ1) is 16.9. The lowest BCUT2D eigenvalue weighted by Gasteiger charge is -2.07. The molecule has 0 spiro atoms. The lowest BCUT2D eigenvalue weighted by molar-refractivity contribution is 0.626. The third-order valence-corrected chi connectivity index (χ3v) is 2.47. The minimum absolute atomic E-state index is 0. The van der Waals surface area contributed by atoms with Crippen LogP contribution in [0.5, 0.6) is 0 Å². The van der Waals surface area contributed by atoms with Crippen LogP contribution in [-0.4, -0.2) is 16.1 Å². The molecular weight excluding hydrogens is 276 g/mol. The molecule has 0 aliphatic rings. The number of aromatic nitrogens is 2. The van der Waals surface area contributed by atoms with Crippen LogP contribution in [0.15, 0.2) is 36.8 Å². The maximum Gasteiger partial charge on any atom is 0.123 e. The second kappa shape index (κ2) is 8.08. The molecule has 18 heavy (non-hydrogen) atoms. The molecule has 2 rings (SSSR count). The standard InChI is InChI=1S/C12H14FN3.2ClH/c13-11-3-1-10(2-4-11)8-16-9-15-7-12(16)5-6-14;;/h1-4,7,9H,5-6,8,14H2;2*1H. The fraction of sp³-hybridized carbons (Fsp3) is 0.250. The Bertz CT molecular complexity index is 457. The van der Waals surface area contributed by atoms with Gasteiger partial charge in [0, 0.05) is 24.9 Å². The topological polar surface area (TPSA) is 43.8 Å². The monoisotopic (exact) mass is 291 g/mol. The van der Waals surface area contributed by atoms with Gasteiger partial charge in [-0.3, -0.25) is 0 Å². The summed E-state index contributed by atoms with van der Waals surface area (Å²) >= 11 is 0. The van der Waals surface area contributed by atoms with Crippen molar-refractivity contribution < 1.29 is 4.39 Å². The predicted octanol–water partition coefficient (Wildman–Crippen LogP) is 2.42. The van der Waals surface area contributed by atoms with Crippen molar-refractivity contribution in [3.8, 4) is 0 Å². The summed E-state index contributed by atoms with van der Waals surface area (Å²) in [5.41, 5.74) is 7.67. The molecule has 0 bridgehead atoms.